The van der Waals surface area contributed by atoms with E-state index in [-0.39, 0.29) is 4.90 Å². The third-order valence-electron chi connectivity index (χ3n) is 2.78. The van der Waals surface area contributed by atoms with Gasteiger partial charge < -0.3 is 5.32 Å². The van der Waals surface area contributed by atoms with E-state index in [2.05, 4.69) is 31.0 Å². The molecule has 8 heteroatoms. The van der Waals surface area contributed by atoms with E-state index in [0.29, 0.717) is 5.69 Å². The van der Waals surface area contributed by atoms with Crippen LogP contribution in [0.15, 0.2) is 58.2 Å². The number of nitrogens with one attached hydrogen (secondary N) is 2. The average molecular weight is 384 g/mol. The second-order valence-electron chi connectivity index (χ2n) is 4.53. The number of benzene rings is 1. The molecule has 1 amide bonds. The predicted molar refractivity (Wildman–Crippen MR) is 86.8 cm³/mol. The first kappa shape index (κ1) is 16.6. The van der Waals surface area contributed by atoms with Crippen molar-refractivity contribution in [2.75, 3.05) is 5.32 Å². The van der Waals surface area contributed by atoms with Gasteiger partial charge in [0.1, 0.15) is 0 Å². The average Bonchev–Trinajstić information content (AvgIpc) is 2.48. The third kappa shape index (κ3) is 4.36. The Morgan fingerprint density at radius 2 is 1.91 bits per heavy atom. The number of aromatic nitrogens is 1. The number of carbonyl (C=O) groups is 1. The van der Waals surface area contributed by atoms with Crippen molar-refractivity contribution in [3.05, 3.63) is 53.3 Å². The number of amides is 1. The molecule has 0 saturated heterocycles. The molecule has 2 rings (SSSR count). The summed E-state index contributed by atoms with van der Waals surface area (Å²) >= 11 is 3.24. The van der Waals surface area contributed by atoms with Crippen LogP contribution in [0.5, 0.6) is 0 Å². The van der Waals surface area contributed by atoms with Gasteiger partial charge in [0.25, 0.3) is 0 Å². The second kappa shape index (κ2) is 6.99. The molecule has 0 aliphatic carbocycles. The number of halogens is 1. The lowest BCUT2D eigenvalue weighted by Gasteiger charge is -2.14. The summed E-state index contributed by atoms with van der Waals surface area (Å²) in [6.45, 7) is 1.47. The van der Waals surface area contributed by atoms with E-state index in [1.165, 1.54) is 25.3 Å². The minimum atomic E-state index is -3.76. The third-order valence-corrected chi connectivity index (χ3v) is 4.86. The Morgan fingerprint density at radius 1 is 1.23 bits per heavy atom. The van der Waals surface area contributed by atoms with E-state index < -0.39 is 22.0 Å². The van der Waals surface area contributed by atoms with E-state index in [1.54, 1.807) is 30.5 Å². The van der Waals surface area contributed by atoms with Crippen molar-refractivity contribution < 1.29 is 13.2 Å². The van der Waals surface area contributed by atoms with Crippen molar-refractivity contribution in [2.24, 2.45) is 0 Å². The zero-order chi connectivity index (χ0) is 16.2. The summed E-state index contributed by atoms with van der Waals surface area (Å²) in [7, 11) is -3.76. The van der Waals surface area contributed by atoms with Gasteiger partial charge in [-0.15, -0.1) is 0 Å². The molecule has 1 atom stereocenters. The highest BCUT2D eigenvalue weighted by Gasteiger charge is 2.22. The van der Waals surface area contributed by atoms with Crippen LogP contribution >= 0.6 is 15.9 Å². The summed E-state index contributed by atoms with van der Waals surface area (Å²) in [6, 6.07) is 8.57. The van der Waals surface area contributed by atoms with Crippen molar-refractivity contribution in [1.82, 2.24) is 9.71 Å². The monoisotopic (exact) mass is 383 g/mol. The highest BCUT2D eigenvalue weighted by Crippen LogP contribution is 2.15. The summed E-state index contributed by atoms with van der Waals surface area (Å²) in [6.07, 6.45) is 3.06. The zero-order valence-electron chi connectivity index (χ0n) is 11.7. The van der Waals surface area contributed by atoms with Crippen molar-refractivity contribution >= 4 is 37.5 Å². The number of carbonyl (C=O) groups excluding carboxylic acids is 1. The van der Waals surface area contributed by atoms with Gasteiger partial charge in [-0.25, -0.2) is 8.42 Å². The maximum atomic E-state index is 12.2. The number of nitrogens with zero attached hydrogens (tertiary/aromatic N) is 1. The molecule has 116 valence electrons. The molecule has 0 spiro atoms. The molecule has 6 nitrogen and oxygen atoms in total. The molecule has 1 aromatic heterocycles. The Balaban J connectivity index is 2.05. The van der Waals surface area contributed by atoms with Crippen LogP contribution in [-0.4, -0.2) is 25.4 Å². The second-order valence-corrected chi connectivity index (χ2v) is 7.16. The Hall–Kier alpha value is -1.77. The Kier molecular flexibility index (Phi) is 5.28. The van der Waals surface area contributed by atoms with Gasteiger partial charge in [0, 0.05) is 10.7 Å². The van der Waals surface area contributed by atoms with Crippen molar-refractivity contribution in [2.45, 2.75) is 17.9 Å². The van der Waals surface area contributed by atoms with E-state index in [9.17, 15) is 13.2 Å². The number of hydrogen-bond donors (Lipinski definition) is 2. The first-order valence-electron chi connectivity index (χ1n) is 6.37. The highest BCUT2D eigenvalue weighted by atomic mass is 79.9. The SMILES string of the molecule is CC(NS(=O)(=O)c1ccc(Br)cc1)C(=O)Nc1cccnc1. The molecule has 2 aromatic rings. The molecule has 22 heavy (non-hydrogen) atoms. The van der Waals surface area contributed by atoms with Crippen LogP contribution in [0.25, 0.3) is 0 Å². The molecule has 0 aliphatic heterocycles. The van der Waals surface area contributed by atoms with Gasteiger partial charge in [0.15, 0.2) is 0 Å². The minimum absolute atomic E-state index is 0.0942. The Labute approximate surface area is 137 Å². The summed E-state index contributed by atoms with van der Waals surface area (Å²) in [5.41, 5.74) is 0.502. The van der Waals surface area contributed by atoms with E-state index in [4.69, 9.17) is 0 Å². The zero-order valence-corrected chi connectivity index (χ0v) is 14.1. The first-order valence-corrected chi connectivity index (χ1v) is 8.65. The molecular formula is C14H14BrN3O3S. The van der Waals surface area contributed by atoms with Gasteiger partial charge in [0.2, 0.25) is 15.9 Å². The van der Waals surface area contributed by atoms with Crippen LogP contribution in [0.2, 0.25) is 0 Å². The van der Waals surface area contributed by atoms with Crippen LogP contribution < -0.4 is 10.0 Å². The lowest BCUT2D eigenvalue weighted by atomic mass is 10.3. The van der Waals surface area contributed by atoms with Crippen molar-refractivity contribution in [1.29, 1.82) is 0 Å². The summed E-state index contributed by atoms with van der Waals surface area (Å²) in [4.78, 5) is 16.0. The molecule has 0 aliphatic rings. The molecule has 1 aromatic carbocycles. The number of pyridine rings is 1. The first-order chi connectivity index (χ1) is 10.4. The summed E-state index contributed by atoms with van der Waals surface area (Å²) in [5, 5.41) is 2.59. The molecular weight excluding hydrogens is 370 g/mol. The smallest absolute Gasteiger partial charge is 0.242 e. The van der Waals surface area contributed by atoms with Crippen LogP contribution in [0, 0.1) is 0 Å². The lowest BCUT2D eigenvalue weighted by Crippen LogP contribution is -2.41. The minimum Gasteiger partial charge on any atom is -0.323 e. The van der Waals surface area contributed by atoms with Gasteiger partial charge >= 0.3 is 0 Å². The lowest BCUT2D eigenvalue weighted by molar-refractivity contribution is -0.117. The van der Waals surface area contributed by atoms with E-state index in [1.807, 2.05) is 0 Å². The summed E-state index contributed by atoms with van der Waals surface area (Å²) in [5.74, 6) is -0.464. The normalized spacial score (nSPS) is 12.6. The van der Waals surface area contributed by atoms with Gasteiger partial charge in [-0.05, 0) is 43.3 Å². The van der Waals surface area contributed by atoms with Crippen LogP contribution in [-0.2, 0) is 14.8 Å². The molecule has 0 fully saturated rings. The van der Waals surface area contributed by atoms with E-state index >= 15 is 0 Å². The standard InChI is InChI=1S/C14H14BrN3O3S/c1-10(14(19)17-12-3-2-8-16-9-12)18-22(20,21)13-6-4-11(15)5-7-13/h2-10,18H,1H3,(H,17,19). The topological polar surface area (TPSA) is 88.2 Å². The van der Waals surface area contributed by atoms with Crippen LogP contribution in [0.1, 0.15) is 6.92 Å². The molecule has 0 radical (unpaired) electrons. The molecule has 1 heterocycles. The van der Waals surface area contributed by atoms with Crippen LogP contribution in [0.3, 0.4) is 0 Å². The Morgan fingerprint density at radius 3 is 2.50 bits per heavy atom. The summed E-state index contributed by atoms with van der Waals surface area (Å²) < 4.78 is 27.5. The number of rotatable bonds is 5. The van der Waals surface area contributed by atoms with Gasteiger partial charge in [-0.2, -0.15) is 4.72 Å². The Bertz CT molecular complexity index is 749. The van der Waals surface area contributed by atoms with E-state index in [0.717, 1.165) is 4.47 Å². The molecule has 0 bridgehead atoms. The molecule has 1 unspecified atom stereocenters. The fraction of sp³-hybridized carbons (Fsp3) is 0.143. The van der Waals surface area contributed by atoms with Gasteiger partial charge in [-0.1, -0.05) is 15.9 Å². The predicted octanol–water partition coefficient (Wildman–Crippen LogP) is 2.15. The maximum absolute atomic E-state index is 12.2. The van der Waals surface area contributed by atoms with Crippen molar-refractivity contribution in [3.8, 4) is 0 Å². The molecule has 2 N–H and O–H groups in total. The highest BCUT2D eigenvalue weighted by molar-refractivity contribution is 9.10. The maximum Gasteiger partial charge on any atom is 0.242 e. The number of sulfonamides is 1. The number of hydrogen-bond acceptors (Lipinski definition) is 4. The quantitative estimate of drug-likeness (QED) is 0.827. The fourth-order valence-electron chi connectivity index (χ4n) is 1.66. The van der Waals surface area contributed by atoms with Gasteiger partial charge in [0.05, 0.1) is 22.8 Å². The van der Waals surface area contributed by atoms with Crippen LogP contribution in [0.4, 0.5) is 5.69 Å². The molecule has 0 saturated carbocycles. The van der Waals surface area contributed by atoms with Crippen molar-refractivity contribution in [3.63, 3.8) is 0 Å². The van der Waals surface area contributed by atoms with Gasteiger partial charge in [-0.3, -0.25) is 9.78 Å². The fourth-order valence-corrected chi connectivity index (χ4v) is 3.12. The number of anilines is 1. The largest absolute Gasteiger partial charge is 0.323 e.